The minimum Gasteiger partial charge on any atom is -0.347 e. The second-order valence-corrected chi connectivity index (χ2v) is 7.63. The summed E-state index contributed by atoms with van der Waals surface area (Å²) in [4.78, 5) is 16.4. The summed E-state index contributed by atoms with van der Waals surface area (Å²) in [5, 5.41) is 0. The summed E-state index contributed by atoms with van der Waals surface area (Å²) in [6, 6.07) is 9.73. The summed E-state index contributed by atoms with van der Waals surface area (Å²) in [5.74, 6) is -3.79. The van der Waals surface area contributed by atoms with E-state index in [2.05, 4.69) is 0 Å². The van der Waals surface area contributed by atoms with Crippen molar-refractivity contribution in [1.82, 2.24) is 9.80 Å². The number of carbonyl (C=O) groups is 1. The highest BCUT2D eigenvalue weighted by molar-refractivity contribution is 5.94. The van der Waals surface area contributed by atoms with Crippen LogP contribution in [-0.2, 0) is 16.0 Å². The van der Waals surface area contributed by atoms with E-state index in [-0.39, 0.29) is 18.7 Å². The maximum atomic E-state index is 14.1. The number of hydrogen-bond donors (Lipinski definition) is 0. The number of nitrogens with zero attached hydrogens (tertiary/aromatic N) is 2. The minimum absolute atomic E-state index is 0.0156. The van der Waals surface area contributed by atoms with E-state index in [1.165, 1.54) is 24.3 Å². The van der Waals surface area contributed by atoms with Gasteiger partial charge in [0.2, 0.25) is 0 Å². The number of ether oxygens (including phenoxy) is 2. The van der Waals surface area contributed by atoms with Gasteiger partial charge in [0, 0.05) is 19.6 Å². The van der Waals surface area contributed by atoms with Gasteiger partial charge in [0.1, 0.15) is 5.82 Å². The van der Waals surface area contributed by atoms with E-state index in [1.54, 1.807) is 17.0 Å². The third-order valence-corrected chi connectivity index (χ3v) is 5.39. The van der Waals surface area contributed by atoms with Crippen LogP contribution in [0.4, 0.5) is 13.2 Å². The molecule has 1 unspecified atom stereocenters. The molecule has 0 aliphatic carbocycles. The van der Waals surface area contributed by atoms with Gasteiger partial charge in [0.05, 0.1) is 31.9 Å². The highest BCUT2D eigenvalue weighted by Crippen LogP contribution is 2.27. The molecule has 0 saturated carbocycles. The third kappa shape index (κ3) is 4.50. The average molecular weight is 420 g/mol. The number of hydrogen-bond acceptors (Lipinski definition) is 4. The van der Waals surface area contributed by atoms with Gasteiger partial charge in [-0.2, -0.15) is 0 Å². The van der Waals surface area contributed by atoms with Crippen LogP contribution in [0.2, 0.25) is 0 Å². The van der Waals surface area contributed by atoms with E-state index in [4.69, 9.17) is 9.47 Å². The average Bonchev–Trinajstić information content (AvgIpc) is 2.92. The highest BCUT2D eigenvalue weighted by atomic mass is 19.2. The van der Waals surface area contributed by atoms with Gasteiger partial charge in [-0.3, -0.25) is 9.69 Å². The molecule has 1 amide bonds. The Morgan fingerprint density at radius 3 is 2.53 bits per heavy atom. The molecule has 2 heterocycles. The Morgan fingerprint density at radius 1 is 0.933 bits per heavy atom. The summed E-state index contributed by atoms with van der Waals surface area (Å²) in [5.41, 5.74) is 0.655. The maximum absolute atomic E-state index is 14.1. The largest absolute Gasteiger partial charge is 0.347 e. The van der Waals surface area contributed by atoms with Crippen LogP contribution in [0.5, 0.6) is 0 Å². The molecule has 2 aromatic carbocycles. The van der Waals surface area contributed by atoms with Gasteiger partial charge in [-0.15, -0.1) is 0 Å². The van der Waals surface area contributed by atoms with Crippen LogP contribution in [0.15, 0.2) is 42.5 Å². The van der Waals surface area contributed by atoms with Crippen molar-refractivity contribution in [2.75, 3.05) is 39.4 Å². The standard InChI is InChI=1S/C22H23F3N2O3/c23-18-5-2-1-4-17(18)21(28)27-9-11-30-22(15-27)14-26(8-3-10-29-22)13-16-6-7-19(24)20(25)12-16/h1-2,4-7,12H,3,8-11,13-15H2. The zero-order valence-electron chi connectivity index (χ0n) is 16.5. The first-order valence-corrected chi connectivity index (χ1v) is 9.94. The van der Waals surface area contributed by atoms with Crippen LogP contribution < -0.4 is 0 Å². The summed E-state index contributed by atoms with van der Waals surface area (Å²) >= 11 is 0. The molecule has 2 saturated heterocycles. The van der Waals surface area contributed by atoms with Gasteiger partial charge in [0.15, 0.2) is 17.4 Å². The Balaban J connectivity index is 1.49. The molecule has 0 bridgehead atoms. The normalized spacial score (nSPS) is 22.8. The summed E-state index contributed by atoms with van der Waals surface area (Å²) in [7, 11) is 0. The smallest absolute Gasteiger partial charge is 0.257 e. The van der Waals surface area contributed by atoms with E-state index in [0.717, 1.165) is 12.5 Å². The first-order valence-electron chi connectivity index (χ1n) is 9.94. The number of amides is 1. The van der Waals surface area contributed by atoms with Gasteiger partial charge in [0.25, 0.3) is 5.91 Å². The molecule has 8 heteroatoms. The van der Waals surface area contributed by atoms with Crippen LogP contribution in [0, 0.1) is 17.5 Å². The fourth-order valence-electron chi connectivity index (χ4n) is 3.96. The van der Waals surface area contributed by atoms with Crippen LogP contribution in [0.3, 0.4) is 0 Å². The van der Waals surface area contributed by atoms with E-state index in [0.29, 0.717) is 38.3 Å². The Kier molecular flexibility index (Phi) is 6.08. The molecule has 2 aliphatic rings. The SMILES string of the molecule is O=C(c1ccccc1F)N1CCOC2(CN(Cc3ccc(F)c(F)c3)CCCO2)C1. The second-order valence-electron chi connectivity index (χ2n) is 7.63. The van der Waals surface area contributed by atoms with Crippen molar-refractivity contribution < 1.29 is 27.4 Å². The lowest BCUT2D eigenvalue weighted by Gasteiger charge is -2.43. The molecule has 0 radical (unpaired) electrons. The van der Waals surface area contributed by atoms with Gasteiger partial charge >= 0.3 is 0 Å². The van der Waals surface area contributed by atoms with Crippen LogP contribution in [-0.4, -0.2) is 60.9 Å². The lowest BCUT2D eigenvalue weighted by molar-refractivity contribution is -0.261. The van der Waals surface area contributed by atoms with Gasteiger partial charge < -0.3 is 14.4 Å². The van der Waals surface area contributed by atoms with Crippen molar-refractivity contribution in [3.8, 4) is 0 Å². The monoisotopic (exact) mass is 420 g/mol. The first-order chi connectivity index (χ1) is 14.5. The van der Waals surface area contributed by atoms with E-state index in [9.17, 15) is 18.0 Å². The first kappa shape index (κ1) is 20.8. The molecule has 0 aromatic heterocycles. The molecule has 4 rings (SSSR count). The molecule has 2 aromatic rings. The van der Waals surface area contributed by atoms with Crippen LogP contribution >= 0.6 is 0 Å². The Hall–Kier alpha value is -2.42. The molecular weight excluding hydrogens is 397 g/mol. The lowest BCUT2D eigenvalue weighted by atomic mass is 10.1. The molecule has 1 atom stereocenters. The van der Waals surface area contributed by atoms with E-state index < -0.39 is 29.1 Å². The molecule has 2 aliphatic heterocycles. The predicted octanol–water partition coefficient (Wildman–Crippen LogP) is 3.20. The topological polar surface area (TPSA) is 42.0 Å². The Bertz CT molecular complexity index is 926. The summed E-state index contributed by atoms with van der Waals surface area (Å²) < 4.78 is 52.8. The Morgan fingerprint density at radius 2 is 1.73 bits per heavy atom. The van der Waals surface area contributed by atoms with E-state index in [1.807, 2.05) is 4.90 Å². The van der Waals surface area contributed by atoms with Gasteiger partial charge in [-0.05, 0) is 36.2 Å². The van der Waals surface area contributed by atoms with Crippen molar-refractivity contribution in [2.24, 2.45) is 0 Å². The summed E-state index contributed by atoms with van der Waals surface area (Å²) in [6.45, 7) is 2.64. The number of rotatable bonds is 3. The number of morpholine rings is 1. The molecular formula is C22H23F3N2O3. The van der Waals surface area contributed by atoms with Crippen LogP contribution in [0.1, 0.15) is 22.3 Å². The van der Waals surface area contributed by atoms with Gasteiger partial charge in [-0.1, -0.05) is 18.2 Å². The zero-order valence-corrected chi connectivity index (χ0v) is 16.5. The van der Waals surface area contributed by atoms with E-state index >= 15 is 0 Å². The minimum atomic E-state index is -1.05. The molecule has 5 nitrogen and oxygen atoms in total. The molecule has 0 N–H and O–H groups in total. The molecule has 2 fully saturated rings. The number of halogens is 3. The number of benzene rings is 2. The molecule has 30 heavy (non-hydrogen) atoms. The quantitative estimate of drug-likeness (QED) is 0.765. The molecule has 1 spiro atoms. The fourth-order valence-corrected chi connectivity index (χ4v) is 3.96. The summed E-state index contributed by atoms with van der Waals surface area (Å²) in [6.07, 6.45) is 0.732. The van der Waals surface area contributed by atoms with Crippen molar-refractivity contribution >= 4 is 5.91 Å². The van der Waals surface area contributed by atoms with Crippen molar-refractivity contribution in [3.05, 3.63) is 71.0 Å². The predicted molar refractivity (Wildman–Crippen MR) is 103 cm³/mol. The van der Waals surface area contributed by atoms with Crippen molar-refractivity contribution in [2.45, 2.75) is 18.8 Å². The zero-order chi connectivity index (χ0) is 21.1. The van der Waals surface area contributed by atoms with Crippen LogP contribution in [0.25, 0.3) is 0 Å². The Labute approximate surface area is 173 Å². The third-order valence-electron chi connectivity index (χ3n) is 5.39. The van der Waals surface area contributed by atoms with Crippen molar-refractivity contribution in [1.29, 1.82) is 0 Å². The fraction of sp³-hybridized carbons (Fsp3) is 0.409. The highest BCUT2D eigenvalue weighted by Gasteiger charge is 2.42. The lowest BCUT2D eigenvalue weighted by Crippen LogP contribution is -2.59. The van der Waals surface area contributed by atoms with Crippen molar-refractivity contribution in [3.63, 3.8) is 0 Å². The number of carbonyl (C=O) groups excluding carboxylic acids is 1. The maximum Gasteiger partial charge on any atom is 0.257 e. The second kappa shape index (κ2) is 8.75. The molecule has 160 valence electrons. The van der Waals surface area contributed by atoms with Gasteiger partial charge in [-0.25, -0.2) is 13.2 Å².